The van der Waals surface area contributed by atoms with Crippen molar-refractivity contribution in [3.8, 4) is 5.75 Å². The first-order valence-corrected chi connectivity index (χ1v) is 9.48. The van der Waals surface area contributed by atoms with Gasteiger partial charge in [0.2, 0.25) is 10.0 Å². The largest absolute Gasteiger partial charge is 0.494 e. The predicted molar refractivity (Wildman–Crippen MR) is 93.6 cm³/mol. The molecule has 1 heterocycles. The Hall–Kier alpha value is -1.34. The smallest absolute Gasteiger partial charge is 0.245 e. The molecule has 136 valence electrons. The summed E-state index contributed by atoms with van der Waals surface area (Å²) in [6.45, 7) is 10.5. The zero-order valence-electron chi connectivity index (χ0n) is 15.4. The Morgan fingerprint density at radius 1 is 1.29 bits per heavy atom. The van der Waals surface area contributed by atoms with E-state index in [1.807, 2.05) is 39.5 Å². The molecule has 1 atom stereocenters. The van der Waals surface area contributed by atoms with Crippen LogP contribution in [0.2, 0.25) is 0 Å². The van der Waals surface area contributed by atoms with Crippen LogP contribution in [0.1, 0.15) is 34.6 Å². The maximum atomic E-state index is 14.3. The number of halogens is 1. The molecule has 1 aliphatic rings. The van der Waals surface area contributed by atoms with E-state index in [4.69, 9.17) is 4.74 Å². The Bertz CT molecular complexity index is 726. The fraction of sp³-hybridized carbons (Fsp3) is 0.647. The molecule has 0 aromatic heterocycles. The second kappa shape index (κ2) is 6.19. The summed E-state index contributed by atoms with van der Waals surface area (Å²) in [5.74, 6) is -0.510. The lowest BCUT2D eigenvalue weighted by Crippen LogP contribution is -2.50. The van der Waals surface area contributed by atoms with Gasteiger partial charge in [0.15, 0.2) is 11.6 Å². The average Bonchev–Trinajstić information content (AvgIpc) is 2.52. The van der Waals surface area contributed by atoms with Gasteiger partial charge in [0.1, 0.15) is 4.90 Å². The first-order valence-electron chi connectivity index (χ1n) is 8.04. The number of hydrogen-bond donors (Lipinski definition) is 0. The average molecular weight is 358 g/mol. The quantitative estimate of drug-likeness (QED) is 0.815. The van der Waals surface area contributed by atoms with Gasteiger partial charge < -0.3 is 9.64 Å². The molecule has 1 aliphatic heterocycles. The number of benzene rings is 1. The van der Waals surface area contributed by atoms with Gasteiger partial charge in [-0.15, -0.1) is 0 Å². The predicted octanol–water partition coefficient (Wildman–Crippen LogP) is 3.10. The zero-order valence-corrected chi connectivity index (χ0v) is 16.2. The lowest BCUT2D eigenvalue weighted by molar-refractivity contribution is 0.287. The number of rotatable bonds is 2. The first kappa shape index (κ1) is 19.0. The topological polar surface area (TPSA) is 49.9 Å². The van der Waals surface area contributed by atoms with Crippen LogP contribution in [0.5, 0.6) is 5.75 Å². The summed E-state index contributed by atoms with van der Waals surface area (Å²) in [6.07, 6.45) is 0. The molecular weight excluding hydrogens is 331 g/mol. The monoisotopic (exact) mass is 358 g/mol. The van der Waals surface area contributed by atoms with E-state index in [9.17, 15) is 12.8 Å². The number of anilines is 1. The molecule has 24 heavy (non-hydrogen) atoms. The second-order valence-electron chi connectivity index (χ2n) is 7.57. The number of fused-ring (bicyclic) bond motifs is 1. The van der Waals surface area contributed by atoms with Crippen molar-refractivity contribution in [1.29, 1.82) is 0 Å². The minimum absolute atomic E-state index is 0.0671. The van der Waals surface area contributed by atoms with Crippen molar-refractivity contribution in [2.24, 2.45) is 5.92 Å². The highest BCUT2D eigenvalue weighted by atomic mass is 32.2. The molecule has 0 N–H and O–H groups in total. The van der Waals surface area contributed by atoms with Gasteiger partial charge in [0, 0.05) is 37.3 Å². The van der Waals surface area contributed by atoms with Crippen molar-refractivity contribution < 1.29 is 17.5 Å². The Kier molecular flexibility index (Phi) is 4.89. The van der Waals surface area contributed by atoms with Crippen LogP contribution in [0, 0.1) is 11.7 Å². The molecule has 0 unspecified atom stereocenters. The van der Waals surface area contributed by atoms with Crippen LogP contribution in [-0.4, -0.2) is 45.0 Å². The molecule has 0 bridgehead atoms. The van der Waals surface area contributed by atoms with E-state index >= 15 is 0 Å². The molecule has 0 fully saturated rings. The Labute approximate surface area is 144 Å². The normalized spacial score (nSPS) is 21.5. The highest BCUT2D eigenvalue weighted by Crippen LogP contribution is 2.40. The molecule has 0 radical (unpaired) electrons. The first-order chi connectivity index (χ1) is 10.9. The van der Waals surface area contributed by atoms with Gasteiger partial charge in [-0.05, 0) is 26.7 Å². The fourth-order valence-electron chi connectivity index (χ4n) is 3.10. The zero-order chi connectivity index (χ0) is 18.4. The van der Waals surface area contributed by atoms with Crippen molar-refractivity contribution in [3.63, 3.8) is 0 Å². The molecule has 0 saturated heterocycles. The van der Waals surface area contributed by atoms with Crippen LogP contribution >= 0.6 is 0 Å². The van der Waals surface area contributed by atoms with Gasteiger partial charge in [-0.25, -0.2) is 12.8 Å². The number of nitrogens with zero attached hydrogens (tertiary/aromatic N) is 2. The Morgan fingerprint density at radius 2 is 1.88 bits per heavy atom. The van der Waals surface area contributed by atoms with E-state index in [2.05, 4.69) is 0 Å². The molecule has 5 nitrogen and oxygen atoms in total. The molecule has 1 aromatic rings. The molecule has 0 spiro atoms. The van der Waals surface area contributed by atoms with Gasteiger partial charge in [0.05, 0.1) is 12.8 Å². The Balaban J connectivity index is 2.81. The highest BCUT2D eigenvalue weighted by molar-refractivity contribution is 7.89. The number of methoxy groups -OCH3 is 1. The van der Waals surface area contributed by atoms with Crippen molar-refractivity contribution in [3.05, 3.63) is 17.9 Å². The molecule has 0 aliphatic carbocycles. The summed E-state index contributed by atoms with van der Waals surface area (Å²) in [5.41, 5.74) is 0.0275. The third-order valence-electron chi connectivity index (χ3n) is 4.60. The summed E-state index contributed by atoms with van der Waals surface area (Å²) in [5, 5.41) is 0. The standard InChI is InChI=1S/C17H27FN2O3S/c1-11(2)14-10-20(17(3,4)5)13-8-12(18)15(23-7)9-16(13)24(21,22)19(14)6/h8-9,11,14H,10H2,1-7H3/t14-/m0/s1. The van der Waals surface area contributed by atoms with Crippen LogP contribution in [0.3, 0.4) is 0 Å². The minimum atomic E-state index is -3.75. The number of sulfonamides is 1. The molecule has 2 rings (SSSR count). The highest BCUT2D eigenvalue weighted by Gasteiger charge is 2.41. The minimum Gasteiger partial charge on any atom is -0.494 e. The summed E-state index contributed by atoms with van der Waals surface area (Å²) < 4.78 is 46.9. The number of hydrogen-bond acceptors (Lipinski definition) is 4. The maximum Gasteiger partial charge on any atom is 0.245 e. The lowest BCUT2D eigenvalue weighted by Gasteiger charge is -2.40. The van der Waals surface area contributed by atoms with E-state index in [0.29, 0.717) is 12.2 Å². The second-order valence-corrected chi connectivity index (χ2v) is 9.53. The molecular formula is C17H27FN2O3S. The van der Waals surface area contributed by atoms with Crippen LogP contribution < -0.4 is 9.64 Å². The van der Waals surface area contributed by atoms with Gasteiger partial charge in [-0.3, -0.25) is 0 Å². The number of likely N-dealkylation sites (N-methyl/N-ethyl adjacent to an activating group) is 1. The summed E-state index contributed by atoms with van der Waals surface area (Å²) in [7, 11) is -0.830. The van der Waals surface area contributed by atoms with Gasteiger partial charge in [-0.2, -0.15) is 4.31 Å². The molecule has 1 aromatic carbocycles. The summed E-state index contributed by atoms with van der Waals surface area (Å²) in [4.78, 5) is 2.05. The Morgan fingerprint density at radius 3 is 2.33 bits per heavy atom. The summed E-state index contributed by atoms with van der Waals surface area (Å²) in [6, 6.07) is 2.35. The van der Waals surface area contributed by atoms with Crippen molar-refractivity contribution in [2.75, 3.05) is 25.6 Å². The SMILES string of the molecule is COc1cc2c(cc1F)N(C(C)(C)C)C[C@@H](C(C)C)N(C)S2(=O)=O. The molecule has 0 amide bonds. The fourth-order valence-corrected chi connectivity index (χ4v) is 4.76. The van der Waals surface area contributed by atoms with Crippen LogP contribution in [0.4, 0.5) is 10.1 Å². The van der Waals surface area contributed by atoms with Crippen molar-refractivity contribution in [1.82, 2.24) is 4.31 Å². The van der Waals surface area contributed by atoms with E-state index < -0.39 is 15.8 Å². The van der Waals surface area contributed by atoms with Crippen molar-refractivity contribution >= 4 is 15.7 Å². The van der Waals surface area contributed by atoms with Crippen LogP contribution in [0.25, 0.3) is 0 Å². The van der Waals surface area contributed by atoms with Crippen LogP contribution in [-0.2, 0) is 10.0 Å². The van der Waals surface area contributed by atoms with Crippen LogP contribution in [0.15, 0.2) is 17.0 Å². The molecule has 0 saturated carbocycles. The van der Waals surface area contributed by atoms with Crippen molar-refractivity contribution in [2.45, 2.75) is 51.1 Å². The maximum absolute atomic E-state index is 14.3. The summed E-state index contributed by atoms with van der Waals surface area (Å²) >= 11 is 0. The van der Waals surface area contributed by atoms with Gasteiger partial charge >= 0.3 is 0 Å². The third-order valence-corrected chi connectivity index (χ3v) is 6.51. The van der Waals surface area contributed by atoms with E-state index in [-0.39, 0.29) is 28.1 Å². The van der Waals surface area contributed by atoms with Gasteiger partial charge in [0.25, 0.3) is 0 Å². The lowest BCUT2D eigenvalue weighted by atomic mass is 9.98. The molecule has 7 heteroatoms. The third kappa shape index (κ3) is 3.11. The number of ether oxygens (including phenoxy) is 1. The van der Waals surface area contributed by atoms with E-state index in [1.54, 1.807) is 7.05 Å². The van der Waals surface area contributed by atoms with E-state index in [0.717, 1.165) is 0 Å². The van der Waals surface area contributed by atoms with Gasteiger partial charge in [-0.1, -0.05) is 13.8 Å². The van der Waals surface area contributed by atoms with E-state index in [1.165, 1.54) is 23.5 Å².